The summed E-state index contributed by atoms with van der Waals surface area (Å²) in [5.74, 6) is -0.0766. The maximum absolute atomic E-state index is 10.2. The zero-order valence-corrected chi connectivity index (χ0v) is 12.1. The van der Waals surface area contributed by atoms with Crippen LogP contribution < -0.4 is 0 Å². The summed E-state index contributed by atoms with van der Waals surface area (Å²) >= 11 is 0. The fourth-order valence-corrected chi connectivity index (χ4v) is 1.84. The summed E-state index contributed by atoms with van der Waals surface area (Å²) in [5, 5.41) is 10.2. The van der Waals surface area contributed by atoms with Crippen LogP contribution in [0.3, 0.4) is 0 Å². The van der Waals surface area contributed by atoms with Crippen molar-refractivity contribution in [3.63, 3.8) is 0 Å². The Kier molecular flexibility index (Phi) is 4.12. The predicted octanol–water partition coefficient (Wildman–Crippen LogP) is 2.80. The van der Waals surface area contributed by atoms with Crippen LogP contribution >= 0.6 is 0 Å². The lowest BCUT2D eigenvalue weighted by atomic mass is 9.68. The highest BCUT2D eigenvalue weighted by molar-refractivity contribution is 6.47. The molecule has 1 N–H and O–H groups in total. The van der Waals surface area contributed by atoms with Crippen LogP contribution in [-0.4, -0.2) is 29.5 Å². The van der Waals surface area contributed by atoms with Crippen molar-refractivity contribution in [3.05, 3.63) is 11.6 Å². The second-order valence-corrected chi connectivity index (χ2v) is 5.96. The summed E-state index contributed by atoms with van der Waals surface area (Å²) in [6.07, 6.45) is 1.40. The molecule has 0 unspecified atom stereocenters. The first kappa shape index (κ1) is 14.7. The first-order valence-corrected chi connectivity index (χ1v) is 6.29. The van der Waals surface area contributed by atoms with E-state index >= 15 is 0 Å². The number of allylic oxidation sites excluding steroid dienone is 1. The van der Waals surface area contributed by atoms with Gasteiger partial charge in [-0.2, -0.15) is 0 Å². The Morgan fingerprint density at radius 1 is 1.18 bits per heavy atom. The number of rotatable bonds is 3. The van der Waals surface area contributed by atoms with E-state index in [-0.39, 0.29) is 24.1 Å². The largest absolute Gasteiger partial charge is 0.463 e. The van der Waals surface area contributed by atoms with Crippen molar-refractivity contribution in [2.75, 3.05) is 0 Å². The molecule has 0 aliphatic carbocycles. The molecule has 0 amide bonds. The fraction of sp³-hybridized carbons (Fsp3) is 0.846. The third kappa shape index (κ3) is 2.75. The lowest BCUT2D eigenvalue weighted by molar-refractivity contribution is 0.00578. The monoisotopic (exact) mass is 240 g/mol. The number of aliphatic hydroxyl groups is 1. The molecule has 4 heteroatoms. The summed E-state index contributed by atoms with van der Waals surface area (Å²) in [6.45, 7) is 13.9. The molecule has 3 nitrogen and oxygen atoms in total. The van der Waals surface area contributed by atoms with Crippen LogP contribution in [0.4, 0.5) is 0 Å². The van der Waals surface area contributed by atoms with Crippen molar-refractivity contribution < 1.29 is 14.4 Å². The molecule has 1 fully saturated rings. The Hall–Kier alpha value is -0.315. The number of hydrogen-bond donors (Lipinski definition) is 1. The van der Waals surface area contributed by atoms with Crippen LogP contribution in [0.2, 0.25) is 5.82 Å². The summed E-state index contributed by atoms with van der Waals surface area (Å²) in [6, 6.07) is 0. The minimum atomic E-state index is -0.519. The lowest BCUT2D eigenvalue weighted by Gasteiger charge is -2.32. The van der Waals surface area contributed by atoms with Gasteiger partial charge < -0.3 is 14.4 Å². The molecule has 1 rings (SSSR count). The Morgan fingerprint density at radius 2 is 1.59 bits per heavy atom. The smallest absolute Gasteiger partial charge is 0.403 e. The SMILES string of the molecule is C/C=C(\C)[C@H](O)[C@H](C)B1OC(C)(C)C(C)(C)O1. The van der Waals surface area contributed by atoms with Gasteiger partial charge in [0.1, 0.15) is 0 Å². The molecule has 0 saturated carbocycles. The van der Waals surface area contributed by atoms with Crippen molar-refractivity contribution in [2.24, 2.45) is 0 Å². The molecule has 0 aromatic heterocycles. The van der Waals surface area contributed by atoms with Gasteiger partial charge in [-0.1, -0.05) is 13.0 Å². The van der Waals surface area contributed by atoms with E-state index < -0.39 is 6.10 Å². The van der Waals surface area contributed by atoms with Crippen LogP contribution in [-0.2, 0) is 9.31 Å². The van der Waals surface area contributed by atoms with Gasteiger partial charge in [-0.05, 0) is 47.1 Å². The molecule has 1 aliphatic heterocycles. The van der Waals surface area contributed by atoms with E-state index in [1.807, 2.05) is 54.5 Å². The van der Waals surface area contributed by atoms with Gasteiger partial charge in [-0.3, -0.25) is 0 Å². The van der Waals surface area contributed by atoms with E-state index in [0.29, 0.717) is 0 Å². The fourth-order valence-electron chi connectivity index (χ4n) is 1.84. The van der Waals surface area contributed by atoms with Gasteiger partial charge in [0.25, 0.3) is 0 Å². The van der Waals surface area contributed by atoms with E-state index in [9.17, 15) is 5.11 Å². The second-order valence-electron chi connectivity index (χ2n) is 5.96. The van der Waals surface area contributed by atoms with Gasteiger partial charge in [0.05, 0.1) is 17.3 Å². The van der Waals surface area contributed by atoms with Gasteiger partial charge in [0.15, 0.2) is 0 Å². The highest BCUT2D eigenvalue weighted by Gasteiger charge is 2.53. The quantitative estimate of drug-likeness (QED) is 0.609. The van der Waals surface area contributed by atoms with Crippen LogP contribution in [0, 0.1) is 0 Å². The van der Waals surface area contributed by atoms with Gasteiger partial charge in [0, 0.05) is 5.82 Å². The molecule has 1 saturated heterocycles. The molecule has 0 bridgehead atoms. The summed E-state index contributed by atoms with van der Waals surface area (Å²) in [4.78, 5) is 0. The maximum Gasteiger partial charge on any atom is 0.463 e. The van der Waals surface area contributed by atoms with E-state index in [1.54, 1.807) is 0 Å². The van der Waals surface area contributed by atoms with E-state index in [2.05, 4.69) is 0 Å². The van der Waals surface area contributed by atoms with Crippen molar-refractivity contribution in [1.82, 2.24) is 0 Å². The standard InChI is InChI=1S/C13H25BO3/c1-8-9(2)11(15)10(3)14-16-12(4,5)13(6,7)17-14/h8,10-11,15H,1-7H3/b9-8+/t10-,11-/m0/s1. The Bertz CT molecular complexity index is 294. The van der Waals surface area contributed by atoms with Crippen LogP contribution in [0.15, 0.2) is 11.6 Å². The lowest BCUT2D eigenvalue weighted by Crippen LogP contribution is -2.41. The predicted molar refractivity (Wildman–Crippen MR) is 70.9 cm³/mol. The van der Waals surface area contributed by atoms with Gasteiger partial charge in [-0.15, -0.1) is 0 Å². The normalized spacial score (nSPS) is 27.1. The molecule has 1 heterocycles. The van der Waals surface area contributed by atoms with E-state index in [4.69, 9.17) is 9.31 Å². The van der Waals surface area contributed by atoms with Crippen molar-refractivity contribution in [1.29, 1.82) is 0 Å². The van der Waals surface area contributed by atoms with Crippen molar-refractivity contribution in [2.45, 2.75) is 71.6 Å². The summed E-state index contributed by atoms with van der Waals surface area (Å²) in [7, 11) is -0.357. The second kappa shape index (κ2) is 4.75. The molecular formula is C13H25BO3. The zero-order chi connectivity index (χ0) is 13.4. The zero-order valence-electron chi connectivity index (χ0n) is 12.1. The van der Waals surface area contributed by atoms with Crippen LogP contribution in [0.1, 0.15) is 48.5 Å². The van der Waals surface area contributed by atoms with Crippen LogP contribution in [0.5, 0.6) is 0 Å². The average molecular weight is 240 g/mol. The first-order chi connectivity index (χ1) is 7.62. The number of hydrogen-bond acceptors (Lipinski definition) is 3. The summed E-state index contributed by atoms with van der Waals surface area (Å²) in [5.41, 5.74) is 0.275. The van der Waals surface area contributed by atoms with Gasteiger partial charge in [-0.25, -0.2) is 0 Å². The third-order valence-corrected chi connectivity index (χ3v) is 4.12. The summed E-state index contributed by atoms with van der Waals surface area (Å²) < 4.78 is 11.9. The Labute approximate surface area is 105 Å². The average Bonchev–Trinajstić information content (AvgIpc) is 2.45. The molecule has 0 aromatic carbocycles. The highest BCUT2D eigenvalue weighted by Crippen LogP contribution is 2.41. The molecule has 0 radical (unpaired) electrons. The maximum atomic E-state index is 10.2. The van der Waals surface area contributed by atoms with E-state index in [0.717, 1.165) is 5.57 Å². The van der Waals surface area contributed by atoms with E-state index in [1.165, 1.54) is 0 Å². The minimum Gasteiger partial charge on any atom is -0.403 e. The Morgan fingerprint density at radius 3 is 1.94 bits per heavy atom. The van der Waals surface area contributed by atoms with Gasteiger partial charge >= 0.3 is 7.12 Å². The van der Waals surface area contributed by atoms with Gasteiger partial charge in [0.2, 0.25) is 0 Å². The van der Waals surface area contributed by atoms with Crippen LogP contribution in [0.25, 0.3) is 0 Å². The highest BCUT2D eigenvalue weighted by atomic mass is 16.7. The number of aliphatic hydroxyl groups excluding tert-OH is 1. The third-order valence-electron chi connectivity index (χ3n) is 4.12. The topological polar surface area (TPSA) is 38.7 Å². The molecular weight excluding hydrogens is 215 g/mol. The molecule has 98 valence electrons. The molecule has 2 atom stereocenters. The molecule has 17 heavy (non-hydrogen) atoms. The van der Waals surface area contributed by atoms with Crippen molar-refractivity contribution >= 4 is 7.12 Å². The Balaban J connectivity index is 2.78. The minimum absolute atomic E-state index is 0.0766. The van der Waals surface area contributed by atoms with Crippen molar-refractivity contribution in [3.8, 4) is 0 Å². The molecule has 1 aliphatic rings. The molecule has 0 spiro atoms. The first-order valence-electron chi connectivity index (χ1n) is 6.29. The molecule has 0 aromatic rings.